The molecule has 0 fully saturated rings. The predicted molar refractivity (Wildman–Crippen MR) is 111 cm³/mol. The molecular weight excluding hydrogens is 350 g/mol. The van der Waals surface area contributed by atoms with Crippen LogP contribution in [-0.2, 0) is 4.79 Å². The number of hydrogen-bond acceptors (Lipinski definition) is 3. The summed E-state index contributed by atoms with van der Waals surface area (Å²) < 4.78 is 11.5. The van der Waals surface area contributed by atoms with Gasteiger partial charge in [0, 0.05) is 11.1 Å². The Morgan fingerprint density at radius 2 is 1.43 bits per heavy atom. The van der Waals surface area contributed by atoms with E-state index in [2.05, 4.69) is 17.4 Å². The summed E-state index contributed by atoms with van der Waals surface area (Å²) in [7, 11) is 0. The summed E-state index contributed by atoms with van der Waals surface area (Å²) >= 11 is 0. The molecule has 0 aliphatic carbocycles. The van der Waals surface area contributed by atoms with Gasteiger partial charge in [-0.2, -0.15) is 0 Å². The van der Waals surface area contributed by atoms with Gasteiger partial charge < -0.3 is 14.8 Å². The lowest BCUT2D eigenvalue weighted by Crippen LogP contribution is -2.20. The molecule has 0 saturated carbocycles. The highest BCUT2D eigenvalue weighted by Gasteiger charge is 2.06. The molecule has 0 spiro atoms. The fourth-order valence-electron chi connectivity index (χ4n) is 2.88. The summed E-state index contributed by atoms with van der Waals surface area (Å²) in [6.07, 6.45) is 0. The molecule has 4 rings (SSSR count). The highest BCUT2D eigenvalue weighted by atomic mass is 16.5. The van der Waals surface area contributed by atoms with Gasteiger partial charge in [-0.25, -0.2) is 0 Å². The molecule has 0 unspecified atom stereocenters. The maximum absolute atomic E-state index is 12.0. The van der Waals surface area contributed by atoms with E-state index in [1.165, 1.54) is 0 Å². The van der Waals surface area contributed by atoms with Gasteiger partial charge in [-0.05, 0) is 47.9 Å². The number of hydrogen-bond donors (Lipinski definition) is 1. The maximum Gasteiger partial charge on any atom is 0.262 e. The van der Waals surface area contributed by atoms with Crippen LogP contribution >= 0.6 is 0 Å². The smallest absolute Gasteiger partial charge is 0.262 e. The Morgan fingerprint density at radius 3 is 2.25 bits per heavy atom. The van der Waals surface area contributed by atoms with Crippen molar-refractivity contribution in [3.8, 4) is 17.2 Å². The van der Waals surface area contributed by atoms with E-state index >= 15 is 0 Å². The third-order valence-corrected chi connectivity index (χ3v) is 4.23. The Morgan fingerprint density at radius 1 is 0.714 bits per heavy atom. The second kappa shape index (κ2) is 8.27. The van der Waals surface area contributed by atoms with Crippen LogP contribution in [0.2, 0.25) is 0 Å². The van der Waals surface area contributed by atoms with Gasteiger partial charge in [0.2, 0.25) is 0 Å². The molecule has 0 heterocycles. The lowest BCUT2D eigenvalue weighted by atomic mass is 10.1. The van der Waals surface area contributed by atoms with Crippen LogP contribution in [0.3, 0.4) is 0 Å². The Balaban J connectivity index is 1.37. The Bertz CT molecular complexity index is 1070. The van der Waals surface area contributed by atoms with E-state index in [-0.39, 0.29) is 12.5 Å². The van der Waals surface area contributed by atoms with E-state index in [1.54, 1.807) is 12.1 Å². The first-order valence-corrected chi connectivity index (χ1v) is 9.01. The van der Waals surface area contributed by atoms with Crippen molar-refractivity contribution in [1.82, 2.24) is 0 Å². The van der Waals surface area contributed by atoms with Crippen LogP contribution in [-0.4, -0.2) is 12.5 Å². The van der Waals surface area contributed by atoms with Crippen LogP contribution in [0.4, 0.5) is 5.69 Å². The number of carbonyl (C=O) groups excluding carboxylic acids is 1. The fourth-order valence-corrected chi connectivity index (χ4v) is 2.88. The van der Waals surface area contributed by atoms with Gasteiger partial charge in [-0.3, -0.25) is 4.79 Å². The average molecular weight is 369 g/mol. The largest absolute Gasteiger partial charge is 0.484 e. The zero-order valence-electron chi connectivity index (χ0n) is 15.2. The molecule has 0 atom stereocenters. The lowest BCUT2D eigenvalue weighted by Gasteiger charge is -2.10. The van der Waals surface area contributed by atoms with Crippen LogP contribution in [0.15, 0.2) is 97.1 Å². The molecule has 28 heavy (non-hydrogen) atoms. The van der Waals surface area contributed by atoms with E-state index in [4.69, 9.17) is 9.47 Å². The number of nitrogens with one attached hydrogen (secondary N) is 1. The molecular formula is C24H19NO3. The summed E-state index contributed by atoms with van der Waals surface area (Å²) in [5.41, 5.74) is 0.687. The van der Waals surface area contributed by atoms with Crippen molar-refractivity contribution in [2.24, 2.45) is 0 Å². The summed E-state index contributed by atoms with van der Waals surface area (Å²) in [5, 5.41) is 5.00. The number of anilines is 1. The first kappa shape index (κ1) is 17.6. The number of carbonyl (C=O) groups is 1. The molecule has 0 aromatic heterocycles. The molecule has 0 saturated heterocycles. The van der Waals surface area contributed by atoms with Crippen LogP contribution in [0.1, 0.15) is 0 Å². The molecule has 4 heteroatoms. The zero-order valence-corrected chi connectivity index (χ0v) is 15.2. The van der Waals surface area contributed by atoms with E-state index < -0.39 is 0 Å². The molecule has 0 bridgehead atoms. The number of ether oxygens (including phenoxy) is 2. The van der Waals surface area contributed by atoms with Gasteiger partial charge >= 0.3 is 0 Å². The summed E-state index contributed by atoms with van der Waals surface area (Å²) in [5.74, 6) is 1.95. The summed E-state index contributed by atoms with van der Waals surface area (Å²) in [4.78, 5) is 12.0. The van der Waals surface area contributed by atoms with Crippen molar-refractivity contribution >= 4 is 22.4 Å². The molecule has 0 radical (unpaired) electrons. The predicted octanol–water partition coefficient (Wildman–Crippen LogP) is 5.65. The summed E-state index contributed by atoms with van der Waals surface area (Å²) in [6, 6.07) is 30.6. The Labute approximate surface area is 163 Å². The van der Waals surface area contributed by atoms with Crippen molar-refractivity contribution < 1.29 is 14.3 Å². The number of fused-ring (bicyclic) bond motifs is 1. The molecule has 138 valence electrons. The van der Waals surface area contributed by atoms with Gasteiger partial charge in [0.1, 0.15) is 17.2 Å². The first-order valence-electron chi connectivity index (χ1n) is 9.01. The van der Waals surface area contributed by atoms with E-state index in [0.29, 0.717) is 17.2 Å². The Kier molecular flexibility index (Phi) is 5.20. The number of para-hydroxylation sites is 1. The molecule has 0 aliphatic heterocycles. The highest BCUT2D eigenvalue weighted by Crippen LogP contribution is 2.30. The second-order valence-electron chi connectivity index (χ2n) is 6.25. The fraction of sp³-hybridized carbons (Fsp3) is 0.0417. The van der Waals surface area contributed by atoms with Gasteiger partial charge in [0.05, 0.1) is 0 Å². The van der Waals surface area contributed by atoms with Crippen molar-refractivity contribution in [2.45, 2.75) is 0 Å². The van der Waals surface area contributed by atoms with Crippen molar-refractivity contribution in [1.29, 1.82) is 0 Å². The normalized spacial score (nSPS) is 10.4. The molecule has 4 nitrogen and oxygen atoms in total. The van der Waals surface area contributed by atoms with Gasteiger partial charge in [-0.1, -0.05) is 54.6 Å². The third-order valence-electron chi connectivity index (χ3n) is 4.23. The van der Waals surface area contributed by atoms with Crippen LogP contribution in [0, 0.1) is 0 Å². The van der Waals surface area contributed by atoms with Crippen molar-refractivity contribution in [3.63, 3.8) is 0 Å². The number of amides is 1. The minimum Gasteiger partial charge on any atom is -0.484 e. The molecule has 1 N–H and O–H groups in total. The zero-order chi connectivity index (χ0) is 19.2. The molecule has 0 aliphatic rings. The topological polar surface area (TPSA) is 47.6 Å². The minimum atomic E-state index is -0.216. The van der Waals surface area contributed by atoms with Crippen LogP contribution < -0.4 is 14.8 Å². The first-order chi connectivity index (χ1) is 13.8. The second-order valence-corrected chi connectivity index (χ2v) is 6.25. The Hall–Kier alpha value is -3.79. The highest BCUT2D eigenvalue weighted by molar-refractivity contribution is 5.92. The van der Waals surface area contributed by atoms with Gasteiger partial charge in [0.25, 0.3) is 5.91 Å². The molecule has 4 aromatic carbocycles. The SMILES string of the molecule is O=C(COc1ccccc1)Nc1ccc(Oc2cccc3ccccc23)cc1. The average Bonchev–Trinajstić information content (AvgIpc) is 2.75. The monoisotopic (exact) mass is 369 g/mol. The van der Waals surface area contributed by atoms with E-state index in [9.17, 15) is 4.79 Å². The number of rotatable bonds is 6. The van der Waals surface area contributed by atoms with Crippen molar-refractivity contribution in [3.05, 3.63) is 97.1 Å². The standard InChI is InChI=1S/C24H19NO3/c26-24(17-27-20-9-2-1-3-10-20)25-19-13-15-21(16-14-19)28-23-12-6-8-18-7-4-5-11-22(18)23/h1-16H,17H2,(H,25,26). The molecule has 1 amide bonds. The molecule has 4 aromatic rings. The van der Waals surface area contributed by atoms with Gasteiger partial charge in [-0.15, -0.1) is 0 Å². The van der Waals surface area contributed by atoms with E-state index in [0.717, 1.165) is 16.5 Å². The summed E-state index contributed by atoms with van der Waals surface area (Å²) in [6.45, 7) is -0.0434. The van der Waals surface area contributed by atoms with Crippen LogP contribution in [0.25, 0.3) is 10.8 Å². The maximum atomic E-state index is 12.0. The number of benzene rings is 4. The lowest BCUT2D eigenvalue weighted by molar-refractivity contribution is -0.118. The van der Waals surface area contributed by atoms with Crippen LogP contribution in [0.5, 0.6) is 17.2 Å². The minimum absolute atomic E-state index is 0.0434. The van der Waals surface area contributed by atoms with E-state index in [1.807, 2.05) is 72.8 Å². The van der Waals surface area contributed by atoms with Crippen molar-refractivity contribution in [2.75, 3.05) is 11.9 Å². The van der Waals surface area contributed by atoms with Gasteiger partial charge in [0.15, 0.2) is 6.61 Å². The quantitative estimate of drug-likeness (QED) is 0.478. The third kappa shape index (κ3) is 4.30.